The Balaban J connectivity index is 1.68. The molecule has 1 atom stereocenters. The van der Waals surface area contributed by atoms with E-state index in [1.807, 2.05) is 25.1 Å². The van der Waals surface area contributed by atoms with E-state index in [-0.39, 0.29) is 18.1 Å². The number of carbonyl (C=O) groups is 1. The van der Waals surface area contributed by atoms with E-state index in [1.54, 1.807) is 11.0 Å². The molecule has 0 aromatic heterocycles. The van der Waals surface area contributed by atoms with Gasteiger partial charge in [-0.1, -0.05) is 12.1 Å². The number of fused-ring (bicyclic) bond motifs is 1. The fraction of sp³-hybridized carbons (Fsp3) is 0.462. The highest BCUT2D eigenvalue weighted by molar-refractivity contribution is 5.83. The molecule has 0 saturated carbocycles. The second kappa shape index (κ2) is 3.88. The number of nitrogens with zero attached hydrogens (tertiary/aromatic N) is 1. The van der Waals surface area contributed by atoms with Crippen LogP contribution in [-0.2, 0) is 4.79 Å². The summed E-state index contributed by atoms with van der Waals surface area (Å²) in [4.78, 5) is 13.9. The van der Waals surface area contributed by atoms with Crippen molar-refractivity contribution in [3.05, 3.63) is 24.3 Å². The molecule has 0 bridgehead atoms. The van der Waals surface area contributed by atoms with Crippen LogP contribution in [0.2, 0.25) is 0 Å². The SMILES string of the molecule is CC1(N)CN(C(=O)C2COc3ccccc3O2)C1. The maximum atomic E-state index is 12.1. The van der Waals surface area contributed by atoms with Crippen LogP contribution < -0.4 is 15.2 Å². The summed E-state index contributed by atoms with van der Waals surface area (Å²) >= 11 is 0. The van der Waals surface area contributed by atoms with Gasteiger partial charge in [0.2, 0.25) is 6.10 Å². The van der Waals surface area contributed by atoms with Gasteiger partial charge in [-0.05, 0) is 19.1 Å². The first-order valence-electron chi connectivity index (χ1n) is 6.01. The summed E-state index contributed by atoms with van der Waals surface area (Å²) < 4.78 is 11.2. The normalized spacial score (nSPS) is 24.3. The zero-order valence-electron chi connectivity index (χ0n) is 10.3. The predicted molar refractivity (Wildman–Crippen MR) is 65.5 cm³/mol. The standard InChI is InChI=1S/C13H16N2O3/c1-13(14)7-15(8-13)12(16)11-6-17-9-4-2-3-5-10(9)18-11/h2-5,11H,6-8,14H2,1H3. The molecule has 2 N–H and O–H groups in total. The molecule has 5 heteroatoms. The fourth-order valence-electron chi connectivity index (χ4n) is 2.33. The van der Waals surface area contributed by atoms with Crippen LogP contribution in [0.3, 0.4) is 0 Å². The van der Waals surface area contributed by atoms with Crippen LogP contribution >= 0.6 is 0 Å². The third-order valence-corrected chi connectivity index (χ3v) is 3.20. The minimum Gasteiger partial charge on any atom is -0.485 e. The second-order valence-corrected chi connectivity index (χ2v) is 5.21. The van der Waals surface area contributed by atoms with Gasteiger partial charge in [0.1, 0.15) is 6.61 Å². The number of hydrogen-bond acceptors (Lipinski definition) is 4. The number of benzene rings is 1. The molecule has 0 aliphatic carbocycles. The summed E-state index contributed by atoms with van der Waals surface area (Å²) in [7, 11) is 0. The molecule has 18 heavy (non-hydrogen) atoms. The van der Waals surface area contributed by atoms with Gasteiger partial charge in [-0.3, -0.25) is 4.79 Å². The molecule has 1 fully saturated rings. The average molecular weight is 248 g/mol. The number of para-hydroxylation sites is 2. The number of nitrogens with two attached hydrogens (primary N) is 1. The van der Waals surface area contributed by atoms with Crippen LogP contribution in [0.1, 0.15) is 6.92 Å². The van der Waals surface area contributed by atoms with E-state index in [0.29, 0.717) is 24.6 Å². The topological polar surface area (TPSA) is 64.8 Å². The Kier molecular flexibility index (Phi) is 2.45. The summed E-state index contributed by atoms with van der Waals surface area (Å²) in [6.07, 6.45) is -0.559. The maximum absolute atomic E-state index is 12.1. The number of hydrogen-bond donors (Lipinski definition) is 1. The van der Waals surface area contributed by atoms with Gasteiger partial charge in [-0.15, -0.1) is 0 Å². The van der Waals surface area contributed by atoms with E-state index in [2.05, 4.69) is 0 Å². The van der Waals surface area contributed by atoms with E-state index in [4.69, 9.17) is 15.2 Å². The minimum absolute atomic E-state index is 0.0487. The zero-order valence-corrected chi connectivity index (χ0v) is 10.3. The van der Waals surface area contributed by atoms with Gasteiger partial charge in [-0.25, -0.2) is 0 Å². The summed E-state index contributed by atoms with van der Waals surface area (Å²) in [5.74, 6) is 1.26. The Bertz CT molecular complexity index is 479. The van der Waals surface area contributed by atoms with Crippen LogP contribution in [0.25, 0.3) is 0 Å². The Morgan fingerprint density at radius 1 is 1.39 bits per heavy atom. The van der Waals surface area contributed by atoms with Crippen LogP contribution in [0.5, 0.6) is 11.5 Å². The lowest BCUT2D eigenvalue weighted by atomic mass is 9.93. The molecule has 5 nitrogen and oxygen atoms in total. The minimum atomic E-state index is -0.559. The third-order valence-electron chi connectivity index (χ3n) is 3.20. The van der Waals surface area contributed by atoms with Crippen LogP contribution in [0, 0.1) is 0 Å². The van der Waals surface area contributed by atoms with Gasteiger partial charge in [0.15, 0.2) is 11.5 Å². The monoisotopic (exact) mass is 248 g/mol. The highest BCUT2D eigenvalue weighted by Gasteiger charge is 2.42. The number of carbonyl (C=O) groups excluding carboxylic acids is 1. The van der Waals surface area contributed by atoms with E-state index < -0.39 is 6.10 Å². The van der Waals surface area contributed by atoms with Crippen LogP contribution in [0.4, 0.5) is 0 Å². The van der Waals surface area contributed by atoms with E-state index in [0.717, 1.165) is 0 Å². The van der Waals surface area contributed by atoms with Crippen molar-refractivity contribution in [3.63, 3.8) is 0 Å². The highest BCUT2D eigenvalue weighted by Crippen LogP contribution is 2.32. The molecule has 3 rings (SSSR count). The molecule has 1 unspecified atom stereocenters. The lowest BCUT2D eigenvalue weighted by Gasteiger charge is -2.46. The van der Waals surface area contributed by atoms with Gasteiger partial charge in [0, 0.05) is 18.6 Å². The maximum Gasteiger partial charge on any atom is 0.267 e. The third kappa shape index (κ3) is 1.90. The largest absolute Gasteiger partial charge is 0.485 e. The molecule has 96 valence electrons. The molecule has 1 aromatic carbocycles. The Morgan fingerprint density at radius 2 is 2.06 bits per heavy atom. The predicted octanol–water partition coefficient (Wildman–Crippen LogP) is 0.386. The van der Waals surface area contributed by atoms with Crippen LogP contribution in [-0.4, -0.2) is 42.1 Å². The smallest absolute Gasteiger partial charge is 0.267 e. The first-order chi connectivity index (χ1) is 8.55. The quantitative estimate of drug-likeness (QED) is 0.780. The van der Waals surface area contributed by atoms with Crippen molar-refractivity contribution in [2.45, 2.75) is 18.6 Å². The van der Waals surface area contributed by atoms with Crippen molar-refractivity contribution >= 4 is 5.91 Å². The lowest BCUT2D eigenvalue weighted by molar-refractivity contribution is -0.148. The van der Waals surface area contributed by atoms with Gasteiger partial charge in [0.05, 0.1) is 0 Å². The molecule has 2 aliphatic rings. The first kappa shape index (κ1) is 11.3. The lowest BCUT2D eigenvalue weighted by Crippen LogP contribution is -2.68. The van der Waals surface area contributed by atoms with Crippen molar-refractivity contribution in [3.8, 4) is 11.5 Å². The molecule has 2 heterocycles. The van der Waals surface area contributed by atoms with Crippen molar-refractivity contribution < 1.29 is 14.3 Å². The summed E-state index contributed by atoms with van der Waals surface area (Å²) in [6, 6.07) is 7.36. The first-order valence-corrected chi connectivity index (χ1v) is 6.01. The molecular formula is C13H16N2O3. The Morgan fingerprint density at radius 3 is 2.72 bits per heavy atom. The fourth-order valence-corrected chi connectivity index (χ4v) is 2.33. The van der Waals surface area contributed by atoms with E-state index in [9.17, 15) is 4.79 Å². The Labute approximate surface area is 105 Å². The molecular weight excluding hydrogens is 232 g/mol. The zero-order chi connectivity index (χ0) is 12.8. The summed E-state index contributed by atoms with van der Waals surface area (Å²) in [5, 5.41) is 0. The van der Waals surface area contributed by atoms with Crippen molar-refractivity contribution in [1.29, 1.82) is 0 Å². The summed E-state index contributed by atoms with van der Waals surface area (Å²) in [6.45, 7) is 3.35. The van der Waals surface area contributed by atoms with Crippen molar-refractivity contribution in [2.75, 3.05) is 19.7 Å². The number of amides is 1. The van der Waals surface area contributed by atoms with Crippen molar-refractivity contribution in [2.24, 2.45) is 5.73 Å². The molecule has 0 radical (unpaired) electrons. The summed E-state index contributed by atoms with van der Waals surface area (Å²) in [5.41, 5.74) is 5.63. The van der Waals surface area contributed by atoms with Crippen molar-refractivity contribution in [1.82, 2.24) is 4.90 Å². The van der Waals surface area contributed by atoms with Gasteiger partial charge in [-0.2, -0.15) is 0 Å². The second-order valence-electron chi connectivity index (χ2n) is 5.21. The van der Waals surface area contributed by atoms with Gasteiger partial charge >= 0.3 is 0 Å². The molecule has 1 saturated heterocycles. The number of rotatable bonds is 1. The van der Waals surface area contributed by atoms with Gasteiger partial charge in [0.25, 0.3) is 5.91 Å². The molecule has 2 aliphatic heterocycles. The average Bonchev–Trinajstić information content (AvgIpc) is 2.34. The Hall–Kier alpha value is -1.75. The van der Waals surface area contributed by atoms with E-state index in [1.165, 1.54) is 0 Å². The molecule has 1 amide bonds. The molecule has 0 spiro atoms. The van der Waals surface area contributed by atoms with Gasteiger partial charge < -0.3 is 20.1 Å². The molecule has 1 aromatic rings. The van der Waals surface area contributed by atoms with Crippen LogP contribution in [0.15, 0.2) is 24.3 Å². The highest BCUT2D eigenvalue weighted by atomic mass is 16.6. The van der Waals surface area contributed by atoms with E-state index >= 15 is 0 Å². The number of ether oxygens (including phenoxy) is 2. The number of likely N-dealkylation sites (tertiary alicyclic amines) is 1.